The van der Waals surface area contributed by atoms with Crippen molar-refractivity contribution in [1.29, 1.82) is 0 Å². The van der Waals surface area contributed by atoms with Crippen molar-refractivity contribution in [2.24, 2.45) is 22.9 Å². The van der Waals surface area contributed by atoms with Gasteiger partial charge in [-0.1, -0.05) is 115 Å². The molecule has 8 aromatic heterocycles. The maximum absolute atomic E-state index is 13.3. The molecule has 114 heavy (non-hydrogen) atoms. The van der Waals surface area contributed by atoms with E-state index in [9.17, 15) is 47.0 Å². The molecule has 0 spiro atoms. The Balaban J connectivity index is 0.000000133. The minimum atomic E-state index is -0.753. The molecular formula is C91H71F4N13O6. The van der Waals surface area contributed by atoms with Gasteiger partial charge in [0.05, 0.1) is 34.3 Å². The van der Waals surface area contributed by atoms with E-state index in [4.69, 9.17) is 22.9 Å². The van der Waals surface area contributed by atoms with Crippen LogP contribution in [0.2, 0.25) is 0 Å². The van der Waals surface area contributed by atoms with Gasteiger partial charge in [0.25, 0.3) is 23.6 Å². The van der Waals surface area contributed by atoms with Gasteiger partial charge < -0.3 is 33.1 Å². The molecule has 0 bridgehead atoms. The molecule has 0 aliphatic carbocycles. The molecule has 10 N–H and O–H groups in total. The number of pyridine rings is 7. The predicted octanol–water partition coefficient (Wildman–Crippen LogP) is 15.7. The Morgan fingerprint density at radius 3 is 0.868 bits per heavy atom. The van der Waals surface area contributed by atoms with Crippen molar-refractivity contribution >= 4 is 67.2 Å². The average Bonchev–Trinajstić information content (AvgIpc) is 0.799. The van der Waals surface area contributed by atoms with Crippen LogP contribution in [0.15, 0.2) is 286 Å². The number of fused-ring (bicyclic) bond motifs is 4. The fourth-order valence-corrected chi connectivity index (χ4v) is 13.0. The fraction of sp³-hybridized carbons (Fsp3) is 0.0879. The van der Waals surface area contributed by atoms with E-state index in [1.165, 1.54) is 54.9 Å². The van der Waals surface area contributed by atoms with E-state index in [0.717, 1.165) is 125 Å². The van der Waals surface area contributed by atoms with Gasteiger partial charge in [0.15, 0.2) is 0 Å². The summed E-state index contributed by atoms with van der Waals surface area (Å²) < 4.78 is 53.3. The number of carbonyl (C=O) groups excluding carboxylic acids is 4. The molecule has 0 saturated heterocycles. The Morgan fingerprint density at radius 1 is 0.298 bits per heavy atom. The Bertz CT molecular complexity index is 5770. The van der Waals surface area contributed by atoms with E-state index in [-0.39, 0.29) is 46.0 Å². The molecule has 2 unspecified atom stereocenters. The van der Waals surface area contributed by atoms with E-state index in [2.05, 4.69) is 50.9 Å². The second kappa shape index (κ2) is 35.9. The van der Waals surface area contributed by atoms with Crippen molar-refractivity contribution < 1.29 is 47.0 Å². The number of aryl methyl sites for hydroxylation is 4. The fourth-order valence-electron chi connectivity index (χ4n) is 13.0. The Hall–Kier alpha value is -14.6. The highest BCUT2D eigenvalue weighted by Gasteiger charge is 2.20. The Morgan fingerprint density at radius 2 is 0.570 bits per heavy atom. The first-order valence-corrected chi connectivity index (χ1v) is 36.0. The predicted molar refractivity (Wildman–Crippen MR) is 430 cm³/mol. The summed E-state index contributed by atoms with van der Waals surface area (Å²) in [5.41, 5.74) is 38.6. The number of carbonyl (C=O) groups is 4. The van der Waals surface area contributed by atoms with Gasteiger partial charge >= 0.3 is 0 Å². The molecule has 0 fully saturated rings. The number of benzene rings is 8. The number of hydrogen-bond donors (Lipinski definition) is 6. The summed E-state index contributed by atoms with van der Waals surface area (Å²) in [6.45, 7) is 0. The molecule has 0 aliphatic rings. The standard InChI is InChI=1S/2C23H18FN3O2.C23H18FN3O.C22H17FN4O/c2*24-17-6-3-15(4-7-17)19-12-21(23(25)29)27-20-11-16(5-8-18(19)20)22(28)10-14-2-1-9-26-13-14;24-18-8-6-17(7-9-18)20-13-22(23(25)28)27-21-12-15(5-10-19(20)21)3-4-16-2-1-11-26-14-16;23-17-6-4-16(5-7-17)19-10-21(22(24)28)27-20-9-14(3-8-18(19)20)1-2-15-11-25-13-26-12-15/h2*1-9,11-13,22,28H,10H2,(H2,25,29);1-2,5-14H,3-4H2,(H2,25,28);3-13H,1-2H2,(H2,24,28). The number of primary amides is 4. The van der Waals surface area contributed by atoms with Crippen LogP contribution < -0.4 is 22.9 Å². The molecule has 8 aromatic carbocycles. The largest absolute Gasteiger partial charge is 0.388 e. The normalized spacial score (nSPS) is 11.5. The van der Waals surface area contributed by atoms with E-state index in [1.807, 2.05) is 97.2 Å². The van der Waals surface area contributed by atoms with Gasteiger partial charge in [-0.25, -0.2) is 47.5 Å². The summed E-state index contributed by atoms with van der Waals surface area (Å²) >= 11 is 0. The highest BCUT2D eigenvalue weighted by molar-refractivity contribution is 6.04. The lowest BCUT2D eigenvalue weighted by Crippen LogP contribution is -2.13. The molecule has 16 rings (SSSR count). The van der Waals surface area contributed by atoms with Gasteiger partial charge in [0, 0.05) is 84.0 Å². The number of rotatable bonds is 20. The van der Waals surface area contributed by atoms with Crippen LogP contribution in [0, 0.1) is 23.3 Å². The van der Waals surface area contributed by atoms with Crippen molar-refractivity contribution in [3.05, 3.63) is 377 Å². The second-order valence-corrected chi connectivity index (χ2v) is 26.7. The van der Waals surface area contributed by atoms with Crippen LogP contribution in [0.3, 0.4) is 0 Å². The Labute approximate surface area is 650 Å². The van der Waals surface area contributed by atoms with Crippen LogP contribution in [0.4, 0.5) is 17.6 Å². The third kappa shape index (κ3) is 19.5. The number of aliphatic hydroxyl groups is 2. The summed E-state index contributed by atoms with van der Waals surface area (Å²) in [4.78, 5) is 85.0. The average molecular weight is 1520 g/mol. The zero-order chi connectivity index (χ0) is 79.8. The first-order valence-electron chi connectivity index (χ1n) is 36.0. The zero-order valence-electron chi connectivity index (χ0n) is 60.9. The molecule has 2 atom stereocenters. The maximum Gasteiger partial charge on any atom is 0.267 e. The van der Waals surface area contributed by atoms with Gasteiger partial charge in [-0.3, -0.25) is 34.1 Å². The third-order valence-electron chi connectivity index (χ3n) is 18.9. The van der Waals surface area contributed by atoms with Gasteiger partial charge in [-0.05, 0) is 230 Å². The minimum absolute atomic E-state index is 0.107. The van der Waals surface area contributed by atoms with Crippen molar-refractivity contribution in [1.82, 2.24) is 44.9 Å². The lowest BCUT2D eigenvalue weighted by molar-refractivity contribution is 0.0987. The van der Waals surface area contributed by atoms with E-state index in [1.54, 1.807) is 128 Å². The summed E-state index contributed by atoms with van der Waals surface area (Å²) in [5, 5.41) is 24.6. The molecule has 0 radical (unpaired) electrons. The monoisotopic (exact) mass is 1520 g/mol. The van der Waals surface area contributed by atoms with Crippen LogP contribution in [0.1, 0.15) is 98.7 Å². The van der Waals surface area contributed by atoms with Crippen molar-refractivity contribution in [2.75, 3.05) is 0 Å². The van der Waals surface area contributed by atoms with Gasteiger partial charge in [-0.15, -0.1) is 0 Å². The number of nitrogens with zero attached hydrogens (tertiary/aromatic N) is 9. The van der Waals surface area contributed by atoms with Crippen molar-refractivity contribution in [2.45, 2.75) is 50.7 Å². The smallest absolute Gasteiger partial charge is 0.267 e. The van der Waals surface area contributed by atoms with Crippen LogP contribution in [0.25, 0.3) is 88.1 Å². The topological polar surface area (TPSA) is 329 Å². The van der Waals surface area contributed by atoms with Crippen LogP contribution >= 0.6 is 0 Å². The van der Waals surface area contributed by atoms with Crippen molar-refractivity contribution in [3.8, 4) is 44.5 Å². The molecule has 564 valence electrons. The summed E-state index contributed by atoms with van der Waals surface area (Å²) in [5.74, 6) is -3.82. The lowest BCUT2D eigenvalue weighted by atomic mass is 9.96. The van der Waals surface area contributed by atoms with Crippen LogP contribution in [-0.2, 0) is 38.5 Å². The number of amides is 4. The molecule has 23 heteroatoms. The number of aromatic nitrogens is 9. The SMILES string of the molecule is NC(=O)c1cc(-c2ccc(F)cc2)c2ccc(C(O)Cc3cccnc3)cc2n1.NC(=O)c1cc(-c2ccc(F)cc2)c2ccc(C(O)Cc3cccnc3)cc2n1.NC(=O)c1cc(-c2ccc(F)cc2)c2ccc(CCc3cccnc3)cc2n1.NC(=O)c1cc(-c2ccc(F)cc2)c2ccc(CCc3cncnc3)cc2n1. The van der Waals surface area contributed by atoms with E-state index < -0.39 is 35.8 Å². The molecule has 0 aliphatic heterocycles. The molecule has 0 saturated carbocycles. The first kappa shape index (κ1) is 77.6. The van der Waals surface area contributed by atoms with Crippen molar-refractivity contribution in [3.63, 3.8) is 0 Å². The maximum atomic E-state index is 13.3. The molecular weight excluding hydrogens is 1450 g/mol. The second-order valence-electron chi connectivity index (χ2n) is 26.7. The molecule has 19 nitrogen and oxygen atoms in total. The third-order valence-corrected chi connectivity index (χ3v) is 18.9. The highest BCUT2D eigenvalue weighted by atomic mass is 19.1. The lowest BCUT2D eigenvalue weighted by Gasteiger charge is -2.14. The first-order chi connectivity index (χ1) is 55.2. The van der Waals surface area contributed by atoms with Gasteiger partial charge in [0.1, 0.15) is 52.4 Å². The van der Waals surface area contributed by atoms with Gasteiger partial charge in [-0.2, -0.15) is 0 Å². The number of halogens is 4. The Kier molecular flexibility index (Phi) is 24.4. The van der Waals surface area contributed by atoms with Crippen LogP contribution in [0.5, 0.6) is 0 Å². The minimum Gasteiger partial charge on any atom is -0.388 e. The highest BCUT2D eigenvalue weighted by Crippen LogP contribution is 2.36. The number of aliphatic hydroxyl groups excluding tert-OH is 2. The van der Waals surface area contributed by atoms with Crippen LogP contribution in [-0.4, -0.2) is 78.7 Å². The molecule has 8 heterocycles. The molecule has 16 aromatic rings. The summed E-state index contributed by atoms with van der Waals surface area (Å²) in [6.07, 6.45) is 18.1. The van der Waals surface area contributed by atoms with Gasteiger partial charge in [0.2, 0.25) is 0 Å². The quantitative estimate of drug-likeness (QED) is 0.0386. The molecule has 4 amide bonds. The summed E-state index contributed by atoms with van der Waals surface area (Å²) in [6, 6.07) is 65.0. The zero-order valence-corrected chi connectivity index (χ0v) is 60.9. The number of hydrogen-bond acceptors (Lipinski definition) is 15. The van der Waals surface area contributed by atoms with E-state index in [0.29, 0.717) is 46.0 Å². The number of nitrogens with two attached hydrogens (primary N) is 4. The summed E-state index contributed by atoms with van der Waals surface area (Å²) in [7, 11) is 0. The van der Waals surface area contributed by atoms with E-state index >= 15 is 0 Å².